The standard InChI is InChI=1S/C37H34N8O7S3/c1-37(2,3)52-28(46)16-50-43-29(25-19-53-21-38-25)33(47)40-30-34(48)45-31(36(49)51-32(22-10-6-4-7-11-22)23-12-8-5-9-13-23)24(18-55-35(30)45)17-54-27-15-14-26-41-39-20-44(26)42-27/h4-15,18-21,30-32,35H,16-17H2,1-3H3,(H,40,47)/b43-29-/t30?,31?,35-/m1/s1. The Balaban J connectivity index is 1.13. The van der Waals surface area contributed by atoms with E-state index in [2.05, 4.69) is 30.8 Å². The van der Waals surface area contributed by atoms with Crippen LogP contribution in [0.2, 0.25) is 0 Å². The average Bonchev–Trinajstić information content (AvgIpc) is 3.89. The van der Waals surface area contributed by atoms with E-state index in [1.54, 1.807) is 42.8 Å². The fourth-order valence-corrected chi connectivity index (χ4v) is 8.52. The first-order chi connectivity index (χ1) is 26.6. The van der Waals surface area contributed by atoms with E-state index < -0.39 is 59.5 Å². The molecule has 1 saturated heterocycles. The molecule has 2 aromatic carbocycles. The van der Waals surface area contributed by atoms with E-state index in [1.165, 1.54) is 51.6 Å². The lowest BCUT2D eigenvalue weighted by Crippen LogP contribution is -2.74. The van der Waals surface area contributed by atoms with Gasteiger partial charge in [0.25, 0.3) is 5.91 Å². The number of nitrogens with zero attached hydrogens (tertiary/aromatic N) is 7. The Bertz CT molecular complexity index is 2210. The fraction of sp³-hybridized carbons (Fsp3) is 0.270. The van der Waals surface area contributed by atoms with Crippen molar-refractivity contribution in [2.45, 2.75) is 55.0 Å². The minimum atomic E-state index is -1.10. The number of β-lactam (4-membered cyclic amide) rings is 1. The number of fused-ring (bicyclic) bond motifs is 2. The Labute approximate surface area is 327 Å². The average molecular weight is 799 g/mol. The number of amides is 2. The molecule has 1 N–H and O–H groups in total. The van der Waals surface area contributed by atoms with Crippen molar-refractivity contribution in [2.24, 2.45) is 5.16 Å². The van der Waals surface area contributed by atoms with E-state index >= 15 is 0 Å². The minimum absolute atomic E-state index is 0.193. The molecule has 15 nitrogen and oxygen atoms in total. The van der Waals surface area contributed by atoms with Crippen LogP contribution in [0.25, 0.3) is 5.65 Å². The lowest BCUT2D eigenvalue weighted by Gasteiger charge is -2.51. The fourth-order valence-electron chi connectivity index (χ4n) is 5.79. The molecule has 0 bridgehead atoms. The number of thioether (sulfide) groups is 2. The van der Waals surface area contributed by atoms with Crippen molar-refractivity contribution in [3.05, 3.63) is 118 Å². The number of thiazole rings is 1. The van der Waals surface area contributed by atoms with Crippen molar-refractivity contribution < 1.29 is 33.5 Å². The predicted molar refractivity (Wildman–Crippen MR) is 205 cm³/mol. The Morgan fingerprint density at radius 1 is 1.02 bits per heavy atom. The third kappa shape index (κ3) is 8.71. The van der Waals surface area contributed by atoms with E-state index in [4.69, 9.17) is 14.3 Å². The molecule has 3 aromatic heterocycles. The van der Waals surface area contributed by atoms with Gasteiger partial charge in [-0.25, -0.2) is 14.6 Å². The van der Waals surface area contributed by atoms with Crippen molar-refractivity contribution in [1.29, 1.82) is 0 Å². The smallest absolute Gasteiger partial charge is 0.347 e. The predicted octanol–water partition coefficient (Wildman–Crippen LogP) is 4.42. The molecule has 0 aliphatic carbocycles. The Hall–Kier alpha value is -5.59. The monoisotopic (exact) mass is 798 g/mol. The molecule has 1 fully saturated rings. The highest BCUT2D eigenvalue weighted by atomic mass is 32.2. The maximum atomic E-state index is 14.4. The highest BCUT2D eigenvalue weighted by molar-refractivity contribution is 8.03. The van der Waals surface area contributed by atoms with Gasteiger partial charge in [0.2, 0.25) is 12.5 Å². The van der Waals surface area contributed by atoms with E-state index in [0.717, 1.165) is 11.1 Å². The summed E-state index contributed by atoms with van der Waals surface area (Å²) < 4.78 is 13.1. The zero-order valence-corrected chi connectivity index (χ0v) is 32.1. The van der Waals surface area contributed by atoms with E-state index in [0.29, 0.717) is 22.0 Å². The van der Waals surface area contributed by atoms with Crippen LogP contribution in [0, 0.1) is 0 Å². The second kappa shape index (κ2) is 16.4. The van der Waals surface area contributed by atoms with Crippen molar-refractivity contribution in [1.82, 2.24) is 35.0 Å². The Kier molecular flexibility index (Phi) is 11.3. The number of hydrogen-bond acceptors (Lipinski definition) is 15. The quantitative estimate of drug-likeness (QED) is 0.0582. The topological polar surface area (TPSA) is 180 Å². The van der Waals surface area contributed by atoms with Gasteiger partial charge in [0, 0.05) is 11.1 Å². The van der Waals surface area contributed by atoms with Gasteiger partial charge in [-0.1, -0.05) is 65.8 Å². The third-order valence-electron chi connectivity index (χ3n) is 8.19. The lowest BCUT2D eigenvalue weighted by molar-refractivity contribution is -0.165. The number of ether oxygens (including phenoxy) is 2. The van der Waals surface area contributed by atoms with Crippen LogP contribution in [-0.2, 0) is 33.5 Å². The first-order valence-electron chi connectivity index (χ1n) is 16.9. The van der Waals surface area contributed by atoms with Gasteiger partial charge >= 0.3 is 11.9 Å². The van der Waals surface area contributed by atoms with Crippen LogP contribution in [0.15, 0.2) is 111 Å². The second-order valence-corrected chi connectivity index (χ2v) is 15.9. The molecule has 55 heavy (non-hydrogen) atoms. The molecule has 2 aliphatic rings. The Morgan fingerprint density at radius 3 is 2.42 bits per heavy atom. The first kappa shape index (κ1) is 37.7. The van der Waals surface area contributed by atoms with Gasteiger partial charge in [-0.05, 0) is 55.0 Å². The zero-order valence-electron chi connectivity index (χ0n) is 29.7. The highest BCUT2D eigenvalue weighted by Gasteiger charge is 2.56. The van der Waals surface area contributed by atoms with Gasteiger partial charge in [-0.15, -0.1) is 45.1 Å². The molecule has 2 unspecified atom stereocenters. The van der Waals surface area contributed by atoms with Gasteiger partial charge < -0.3 is 24.5 Å². The van der Waals surface area contributed by atoms with Crippen LogP contribution in [0.5, 0.6) is 0 Å². The molecule has 282 valence electrons. The number of oxime groups is 1. The number of benzene rings is 2. The molecule has 2 amide bonds. The normalized spacial score (nSPS) is 18.3. The maximum Gasteiger partial charge on any atom is 0.347 e. The van der Waals surface area contributed by atoms with Crippen LogP contribution in [-0.4, -0.2) is 94.6 Å². The molecular weight excluding hydrogens is 765 g/mol. The lowest BCUT2D eigenvalue weighted by atomic mass is 9.97. The molecule has 7 rings (SSSR count). The maximum absolute atomic E-state index is 14.4. The van der Waals surface area contributed by atoms with Gasteiger partial charge in [-0.3, -0.25) is 9.59 Å². The minimum Gasteiger partial charge on any atom is -0.457 e. The first-order valence-corrected chi connectivity index (χ1v) is 19.8. The van der Waals surface area contributed by atoms with E-state index in [1.807, 2.05) is 66.1 Å². The number of carbonyl (C=O) groups is 4. The van der Waals surface area contributed by atoms with Gasteiger partial charge in [0.15, 0.2) is 23.5 Å². The summed E-state index contributed by atoms with van der Waals surface area (Å²) in [7, 11) is 0. The number of nitrogens with one attached hydrogen (secondary N) is 1. The number of hydrogen-bond donors (Lipinski definition) is 1. The van der Waals surface area contributed by atoms with Crippen LogP contribution in [0.1, 0.15) is 43.7 Å². The number of carbonyl (C=O) groups excluding carboxylic acids is 4. The summed E-state index contributed by atoms with van der Waals surface area (Å²) in [6.45, 7) is 4.60. The van der Waals surface area contributed by atoms with Crippen molar-refractivity contribution in [3.8, 4) is 0 Å². The number of esters is 2. The van der Waals surface area contributed by atoms with Crippen molar-refractivity contribution in [2.75, 3.05) is 12.4 Å². The molecule has 3 atom stereocenters. The molecule has 0 saturated carbocycles. The molecule has 18 heteroatoms. The van der Waals surface area contributed by atoms with Gasteiger partial charge in [0.1, 0.15) is 34.1 Å². The summed E-state index contributed by atoms with van der Waals surface area (Å²) in [5.41, 5.74) is 3.47. The third-order valence-corrected chi connectivity index (χ3v) is 11.0. The zero-order chi connectivity index (χ0) is 38.5. The van der Waals surface area contributed by atoms with Gasteiger partial charge in [-0.2, -0.15) is 9.61 Å². The van der Waals surface area contributed by atoms with E-state index in [9.17, 15) is 19.2 Å². The highest BCUT2D eigenvalue weighted by Crippen LogP contribution is 2.42. The summed E-state index contributed by atoms with van der Waals surface area (Å²) >= 11 is 3.91. The molecule has 0 spiro atoms. The molecule has 5 heterocycles. The molecule has 0 radical (unpaired) electrons. The number of aromatic nitrogens is 5. The summed E-state index contributed by atoms with van der Waals surface area (Å²) in [5.74, 6) is -2.24. The number of rotatable bonds is 13. The molecule has 5 aromatic rings. The SMILES string of the molecule is CC(C)(C)OC(=O)CO/N=C(\C(=O)NC1C(=O)N2C(C(=O)OC(c3ccccc3)c3ccccc3)C(CSc3ccc4nncn4n3)=CS[C@H]12)c1cscn1. The van der Waals surface area contributed by atoms with E-state index in [-0.39, 0.29) is 11.4 Å². The van der Waals surface area contributed by atoms with Crippen LogP contribution >= 0.6 is 34.9 Å². The van der Waals surface area contributed by atoms with Crippen LogP contribution in [0.3, 0.4) is 0 Å². The van der Waals surface area contributed by atoms with Crippen molar-refractivity contribution in [3.63, 3.8) is 0 Å². The van der Waals surface area contributed by atoms with Gasteiger partial charge in [0.05, 0.1) is 5.51 Å². The Morgan fingerprint density at radius 2 is 1.75 bits per heavy atom. The summed E-state index contributed by atoms with van der Waals surface area (Å²) in [6, 6.07) is 20.2. The summed E-state index contributed by atoms with van der Waals surface area (Å²) in [6.07, 6.45) is 0.747. The molecule has 2 aliphatic heterocycles. The molecular formula is C37H34N8O7S3. The van der Waals surface area contributed by atoms with Crippen LogP contribution < -0.4 is 5.32 Å². The largest absolute Gasteiger partial charge is 0.457 e. The summed E-state index contributed by atoms with van der Waals surface area (Å²) in [4.78, 5) is 65.1. The second-order valence-electron chi connectivity index (χ2n) is 13.2. The van der Waals surface area contributed by atoms with Crippen molar-refractivity contribution >= 4 is 70.0 Å². The summed E-state index contributed by atoms with van der Waals surface area (Å²) in [5, 5.41) is 22.5. The van der Waals surface area contributed by atoms with Crippen LogP contribution in [0.4, 0.5) is 0 Å².